The average molecular weight is 612 g/mol. The Balaban J connectivity index is 1.39. The summed E-state index contributed by atoms with van der Waals surface area (Å²) in [4.78, 5) is 31.2. The SMILES string of the molecule is CCO[C@H]1OC(C(=O)N2CCC(N3CCCCC3)CC2)=C[C@@H](c2cn(C(C)=O)c3ccccc23)[C@H]1CCOCCOCCO. The third-order valence-corrected chi connectivity index (χ3v) is 9.23. The quantitative estimate of drug-likeness (QED) is 0.337. The van der Waals surface area contributed by atoms with Gasteiger partial charge in [-0.25, -0.2) is 0 Å². The van der Waals surface area contributed by atoms with E-state index in [-0.39, 0.29) is 36.9 Å². The molecule has 3 atom stereocenters. The molecular formula is C34H49N3O7. The standard InChI is InChI=1S/C34H49N3O7/c1-3-43-34-28(13-19-41-21-22-42-20-18-38)29(30-24-37(25(2)39)31-10-6-5-9-27(30)31)23-32(44-34)33(40)36-16-11-26(12-17-36)35-14-7-4-8-15-35/h5-6,9-10,23-24,26,28-29,34,38H,3-4,7-8,11-22H2,1-2H3/t28-,29-,34+/m1/s1. The van der Waals surface area contributed by atoms with Crippen LogP contribution in [0.15, 0.2) is 42.3 Å². The molecule has 2 saturated heterocycles. The molecule has 1 aromatic carbocycles. The Morgan fingerprint density at radius 1 is 0.977 bits per heavy atom. The molecule has 1 amide bonds. The Morgan fingerprint density at radius 2 is 1.70 bits per heavy atom. The number of allylic oxidation sites excluding steroid dienone is 1. The number of rotatable bonds is 13. The van der Waals surface area contributed by atoms with E-state index in [1.807, 2.05) is 48.4 Å². The third-order valence-electron chi connectivity index (χ3n) is 9.23. The summed E-state index contributed by atoms with van der Waals surface area (Å²) in [5, 5.41) is 9.90. The maximum absolute atomic E-state index is 14.0. The van der Waals surface area contributed by atoms with Crippen molar-refractivity contribution in [2.45, 2.75) is 70.6 Å². The van der Waals surface area contributed by atoms with E-state index >= 15 is 0 Å². The molecule has 0 radical (unpaired) electrons. The Kier molecular flexibility index (Phi) is 11.9. The monoisotopic (exact) mass is 611 g/mol. The van der Waals surface area contributed by atoms with Crippen LogP contribution < -0.4 is 0 Å². The number of para-hydroxylation sites is 1. The molecule has 44 heavy (non-hydrogen) atoms. The summed E-state index contributed by atoms with van der Waals surface area (Å²) < 4.78 is 25.4. The third kappa shape index (κ3) is 7.72. The van der Waals surface area contributed by atoms with Crippen LogP contribution in [-0.4, -0.2) is 109 Å². The Morgan fingerprint density at radius 3 is 2.41 bits per heavy atom. The van der Waals surface area contributed by atoms with Crippen LogP contribution in [0, 0.1) is 5.92 Å². The average Bonchev–Trinajstić information content (AvgIpc) is 3.45. The minimum atomic E-state index is -0.645. The van der Waals surface area contributed by atoms with E-state index < -0.39 is 6.29 Å². The molecule has 1 N–H and O–H groups in total. The lowest BCUT2D eigenvalue weighted by Crippen LogP contribution is -2.49. The second-order valence-electron chi connectivity index (χ2n) is 12.0. The maximum Gasteiger partial charge on any atom is 0.288 e. The zero-order valence-corrected chi connectivity index (χ0v) is 26.3. The molecule has 10 heteroatoms. The lowest BCUT2D eigenvalue weighted by molar-refractivity contribution is -0.172. The molecule has 4 heterocycles. The Bertz CT molecular complexity index is 1260. The number of carbonyl (C=O) groups excluding carboxylic acids is 2. The number of amides is 1. The van der Waals surface area contributed by atoms with E-state index in [9.17, 15) is 9.59 Å². The predicted molar refractivity (Wildman–Crippen MR) is 167 cm³/mol. The summed E-state index contributed by atoms with van der Waals surface area (Å²) in [5.41, 5.74) is 1.81. The van der Waals surface area contributed by atoms with Gasteiger partial charge >= 0.3 is 0 Å². The fourth-order valence-electron chi connectivity index (χ4n) is 7.00. The predicted octanol–water partition coefficient (Wildman–Crippen LogP) is 4.17. The number of aliphatic hydroxyl groups is 1. The van der Waals surface area contributed by atoms with Crippen LogP contribution in [0.4, 0.5) is 0 Å². The van der Waals surface area contributed by atoms with E-state index in [0.717, 1.165) is 29.3 Å². The fraction of sp³-hybridized carbons (Fsp3) is 0.647. The van der Waals surface area contributed by atoms with Gasteiger partial charge in [-0.1, -0.05) is 24.6 Å². The first-order chi connectivity index (χ1) is 21.5. The fourth-order valence-corrected chi connectivity index (χ4v) is 7.00. The van der Waals surface area contributed by atoms with Gasteiger partial charge in [-0.15, -0.1) is 0 Å². The van der Waals surface area contributed by atoms with Gasteiger partial charge in [-0.3, -0.25) is 14.2 Å². The van der Waals surface area contributed by atoms with E-state index in [4.69, 9.17) is 24.1 Å². The normalized spacial score (nSPS) is 23.5. The summed E-state index contributed by atoms with van der Waals surface area (Å²) >= 11 is 0. The molecular weight excluding hydrogens is 562 g/mol. The number of carbonyl (C=O) groups is 2. The lowest BCUT2D eigenvalue weighted by atomic mass is 9.81. The van der Waals surface area contributed by atoms with Crippen LogP contribution in [-0.2, 0) is 23.7 Å². The zero-order chi connectivity index (χ0) is 30.9. The molecule has 0 spiro atoms. The molecule has 0 aliphatic carbocycles. The number of piperidine rings is 2. The number of fused-ring (bicyclic) bond motifs is 1. The van der Waals surface area contributed by atoms with Gasteiger partial charge < -0.3 is 33.9 Å². The van der Waals surface area contributed by atoms with E-state index in [1.165, 1.54) is 32.4 Å². The second kappa shape index (κ2) is 16.0. The molecule has 0 saturated carbocycles. The van der Waals surface area contributed by atoms with Gasteiger partial charge in [0.2, 0.25) is 12.2 Å². The highest BCUT2D eigenvalue weighted by Gasteiger charge is 2.41. The first-order valence-electron chi connectivity index (χ1n) is 16.4. The van der Waals surface area contributed by atoms with Crippen molar-refractivity contribution < 1.29 is 33.6 Å². The minimum Gasteiger partial charge on any atom is -0.459 e. The van der Waals surface area contributed by atoms with Gasteiger partial charge in [0.25, 0.3) is 5.91 Å². The van der Waals surface area contributed by atoms with Crippen molar-refractivity contribution in [2.75, 3.05) is 65.8 Å². The van der Waals surface area contributed by atoms with E-state index in [0.29, 0.717) is 57.7 Å². The highest BCUT2D eigenvalue weighted by molar-refractivity contribution is 5.95. The van der Waals surface area contributed by atoms with Gasteiger partial charge in [0.05, 0.1) is 31.9 Å². The van der Waals surface area contributed by atoms with Gasteiger partial charge in [0, 0.05) is 62.7 Å². The minimum absolute atomic E-state index is 0.0190. The Hall–Kier alpha value is -2.76. The summed E-state index contributed by atoms with van der Waals surface area (Å²) in [6.45, 7) is 9.20. The first-order valence-corrected chi connectivity index (χ1v) is 16.4. The second-order valence-corrected chi connectivity index (χ2v) is 12.0. The van der Waals surface area contributed by atoms with E-state index in [1.54, 1.807) is 11.5 Å². The van der Waals surface area contributed by atoms with Crippen molar-refractivity contribution in [3.63, 3.8) is 0 Å². The molecule has 3 aliphatic rings. The summed E-state index contributed by atoms with van der Waals surface area (Å²) in [7, 11) is 0. The largest absolute Gasteiger partial charge is 0.459 e. The molecule has 242 valence electrons. The van der Waals surface area contributed by atoms with Crippen molar-refractivity contribution in [1.29, 1.82) is 0 Å². The highest BCUT2D eigenvalue weighted by atomic mass is 16.7. The molecule has 5 rings (SSSR count). The molecule has 10 nitrogen and oxygen atoms in total. The highest BCUT2D eigenvalue weighted by Crippen LogP contribution is 2.42. The van der Waals surface area contributed by atoms with Gasteiger partial charge in [0.1, 0.15) is 0 Å². The van der Waals surface area contributed by atoms with Gasteiger partial charge in [-0.05, 0) is 69.8 Å². The van der Waals surface area contributed by atoms with Crippen LogP contribution >= 0.6 is 0 Å². The molecule has 0 bridgehead atoms. The maximum atomic E-state index is 14.0. The van der Waals surface area contributed by atoms with Gasteiger partial charge in [0.15, 0.2) is 5.76 Å². The van der Waals surface area contributed by atoms with Crippen molar-refractivity contribution in [3.05, 3.63) is 47.9 Å². The number of aromatic nitrogens is 1. The van der Waals surface area contributed by atoms with Crippen LogP contribution in [0.1, 0.15) is 68.6 Å². The van der Waals surface area contributed by atoms with Crippen LogP contribution in [0.5, 0.6) is 0 Å². The topological polar surface area (TPSA) is 103 Å². The van der Waals surface area contributed by atoms with Gasteiger partial charge in [-0.2, -0.15) is 0 Å². The van der Waals surface area contributed by atoms with Crippen molar-refractivity contribution in [1.82, 2.24) is 14.4 Å². The Labute approximate surface area is 260 Å². The van der Waals surface area contributed by atoms with Crippen LogP contribution in [0.3, 0.4) is 0 Å². The number of aliphatic hydroxyl groups excluding tert-OH is 1. The van der Waals surface area contributed by atoms with Crippen LogP contribution in [0.2, 0.25) is 0 Å². The molecule has 1 aromatic heterocycles. The van der Waals surface area contributed by atoms with Crippen molar-refractivity contribution in [2.24, 2.45) is 5.92 Å². The number of ether oxygens (including phenoxy) is 4. The van der Waals surface area contributed by atoms with E-state index in [2.05, 4.69) is 4.90 Å². The van der Waals surface area contributed by atoms with Crippen molar-refractivity contribution >= 4 is 22.7 Å². The number of nitrogens with zero attached hydrogens (tertiary/aromatic N) is 3. The summed E-state index contributed by atoms with van der Waals surface area (Å²) in [5.74, 6) is -0.229. The number of hydrogen-bond acceptors (Lipinski definition) is 8. The lowest BCUT2D eigenvalue weighted by Gasteiger charge is -2.41. The smallest absolute Gasteiger partial charge is 0.288 e. The first kappa shape index (κ1) is 32.6. The molecule has 3 aliphatic heterocycles. The van der Waals surface area contributed by atoms with Crippen molar-refractivity contribution in [3.8, 4) is 0 Å². The molecule has 2 fully saturated rings. The summed E-state index contributed by atoms with van der Waals surface area (Å²) in [6, 6.07) is 8.43. The number of benzene rings is 1. The molecule has 0 unspecified atom stereocenters. The van der Waals surface area contributed by atoms with Crippen LogP contribution in [0.25, 0.3) is 10.9 Å². The summed E-state index contributed by atoms with van der Waals surface area (Å²) in [6.07, 6.45) is 9.65. The number of hydrogen-bond donors (Lipinski definition) is 1. The number of likely N-dealkylation sites (tertiary alicyclic amines) is 2. The zero-order valence-electron chi connectivity index (χ0n) is 26.3. The molecule has 2 aromatic rings.